The number of carbonyl (C=O) groups excluding carboxylic acids is 1. The molecule has 0 aliphatic carbocycles. The van der Waals surface area contributed by atoms with E-state index in [0.717, 1.165) is 24.3 Å². The van der Waals surface area contributed by atoms with Crippen LogP contribution in [0.2, 0.25) is 0 Å². The van der Waals surface area contributed by atoms with Crippen LogP contribution in [0.5, 0.6) is 5.75 Å². The first-order valence-corrected chi connectivity index (χ1v) is 7.87. The molecule has 1 unspecified atom stereocenters. The molecule has 0 aromatic heterocycles. The second-order valence-corrected chi connectivity index (χ2v) is 5.48. The Hall–Kier alpha value is -2.33. The maximum Gasteiger partial charge on any atom is 0.234 e. The van der Waals surface area contributed by atoms with Gasteiger partial charge in [0.05, 0.1) is 19.7 Å². The van der Waals surface area contributed by atoms with Gasteiger partial charge in [-0.05, 0) is 43.1 Å². The van der Waals surface area contributed by atoms with Crippen molar-refractivity contribution in [3.63, 3.8) is 0 Å². The molecule has 0 spiro atoms. The van der Waals surface area contributed by atoms with E-state index in [2.05, 4.69) is 16.7 Å². The Bertz CT molecular complexity index is 614. The highest BCUT2D eigenvalue weighted by Gasteiger charge is 2.08. The fourth-order valence-corrected chi connectivity index (χ4v) is 2.38. The Balaban J connectivity index is 1.68. The Morgan fingerprint density at radius 1 is 1.13 bits per heavy atom. The molecule has 4 heteroatoms. The maximum absolute atomic E-state index is 11.9. The summed E-state index contributed by atoms with van der Waals surface area (Å²) in [5.41, 5.74) is 2.30. The summed E-state index contributed by atoms with van der Waals surface area (Å²) in [5.74, 6) is 0.865. The van der Waals surface area contributed by atoms with Gasteiger partial charge in [0.25, 0.3) is 0 Å². The minimum atomic E-state index is 0.00648. The summed E-state index contributed by atoms with van der Waals surface area (Å²) >= 11 is 0. The monoisotopic (exact) mass is 312 g/mol. The van der Waals surface area contributed by atoms with E-state index in [1.54, 1.807) is 7.11 Å². The topological polar surface area (TPSA) is 50.4 Å². The summed E-state index contributed by atoms with van der Waals surface area (Å²) in [6.45, 7) is 3.06. The highest BCUT2D eigenvalue weighted by Crippen LogP contribution is 2.12. The Morgan fingerprint density at radius 3 is 2.65 bits per heavy atom. The van der Waals surface area contributed by atoms with Crippen LogP contribution in [-0.4, -0.2) is 26.1 Å². The molecule has 0 bridgehead atoms. The lowest BCUT2D eigenvalue weighted by Crippen LogP contribution is -2.36. The minimum absolute atomic E-state index is 0.00648. The molecule has 2 aromatic carbocycles. The molecule has 2 N–H and O–H groups in total. The summed E-state index contributed by atoms with van der Waals surface area (Å²) in [7, 11) is 1.66. The normalized spacial score (nSPS) is 11.7. The van der Waals surface area contributed by atoms with Gasteiger partial charge in [-0.1, -0.05) is 42.5 Å². The van der Waals surface area contributed by atoms with Gasteiger partial charge in [-0.3, -0.25) is 4.79 Å². The summed E-state index contributed by atoms with van der Waals surface area (Å²) in [4.78, 5) is 11.9. The second kappa shape index (κ2) is 8.96. The van der Waals surface area contributed by atoms with Crippen molar-refractivity contribution in [2.24, 2.45) is 0 Å². The third-order valence-corrected chi connectivity index (χ3v) is 3.69. The van der Waals surface area contributed by atoms with Crippen molar-refractivity contribution < 1.29 is 9.53 Å². The number of nitrogens with one attached hydrogen (secondary N) is 2. The van der Waals surface area contributed by atoms with Crippen molar-refractivity contribution in [3.05, 3.63) is 65.7 Å². The molecule has 4 nitrogen and oxygen atoms in total. The highest BCUT2D eigenvalue weighted by atomic mass is 16.5. The summed E-state index contributed by atoms with van der Waals surface area (Å²) in [6.07, 6.45) is 0.860. The summed E-state index contributed by atoms with van der Waals surface area (Å²) < 4.78 is 5.20. The van der Waals surface area contributed by atoms with Crippen LogP contribution in [0.25, 0.3) is 0 Å². The molecule has 23 heavy (non-hydrogen) atoms. The Labute approximate surface area is 137 Å². The number of methoxy groups -OCH3 is 1. The van der Waals surface area contributed by atoms with E-state index >= 15 is 0 Å². The van der Waals surface area contributed by atoms with Crippen LogP contribution in [0.1, 0.15) is 24.1 Å². The fraction of sp³-hybridized carbons (Fsp3) is 0.316. The number of ether oxygens (including phenoxy) is 1. The van der Waals surface area contributed by atoms with E-state index in [4.69, 9.17) is 4.74 Å². The minimum Gasteiger partial charge on any atom is -0.497 e. The van der Waals surface area contributed by atoms with E-state index in [-0.39, 0.29) is 11.9 Å². The summed E-state index contributed by atoms with van der Waals surface area (Å²) in [5, 5.41) is 6.17. The van der Waals surface area contributed by atoms with Gasteiger partial charge in [0.15, 0.2) is 0 Å². The molecule has 0 fully saturated rings. The molecule has 0 saturated heterocycles. The van der Waals surface area contributed by atoms with Crippen LogP contribution in [-0.2, 0) is 11.2 Å². The van der Waals surface area contributed by atoms with Gasteiger partial charge in [-0.25, -0.2) is 0 Å². The molecule has 0 aliphatic rings. The average Bonchev–Trinajstić information content (AvgIpc) is 2.59. The molecule has 122 valence electrons. The van der Waals surface area contributed by atoms with E-state index in [1.165, 1.54) is 5.56 Å². The van der Waals surface area contributed by atoms with Gasteiger partial charge in [0.2, 0.25) is 5.91 Å². The number of amides is 1. The predicted molar refractivity (Wildman–Crippen MR) is 92.6 cm³/mol. The molecular formula is C19H24N2O2. The number of carbonyl (C=O) groups is 1. The second-order valence-electron chi connectivity index (χ2n) is 5.48. The third-order valence-electron chi connectivity index (χ3n) is 3.69. The van der Waals surface area contributed by atoms with E-state index in [1.807, 2.05) is 55.5 Å². The van der Waals surface area contributed by atoms with Crippen molar-refractivity contribution in [2.75, 3.05) is 20.2 Å². The standard InChI is InChI=1S/C19H24N2O2/c1-15(17-8-4-3-5-9-17)21-19(22)14-20-12-11-16-7-6-10-18(13-16)23-2/h3-10,13,15,20H,11-12,14H2,1-2H3,(H,21,22). The molecule has 1 amide bonds. The lowest BCUT2D eigenvalue weighted by molar-refractivity contribution is -0.120. The van der Waals surface area contributed by atoms with Gasteiger partial charge in [0, 0.05) is 0 Å². The number of rotatable bonds is 8. The van der Waals surface area contributed by atoms with Crippen molar-refractivity contribution in [1.82, 2.24) is 10.6 Å². The number of hydrogen-bond acceptors (Lipinski definition) is 3. The zero-order valence-electron chi connectivity index (χ0n) is 13.7. The van der Waals surface area contributed by atoms with Crippen LogP contribution >= 0.6 is 0 Å². The predicted octanol–water partition coefficient (Wildman–Crippen LogP) is 2.70. The Kier molecular flexibility index (Phi) is 6.63. The first-order chi connectivity index (χ1) is 11.2. The van der Waals surface area contributed by atoms with E-state index in [9.17, 15) is 4.79 Å². The van der Waals surface area contributed by atoms with Gasteiger partial charge in [-0.15, -0.1) is 0 Å². The van der Waals surface area contributed by atoms with Crippen LogP contribution in [0.15, 0.2) is 54.6 Å². The quantitative estimate of drug-likeness (QED) is 0.737. The van der Waals surface area contributed by atoms with Crippen molar-refractivity contribution in [2.45, 2.75) is 19.4 Å². The number of benzene rings is 2. The first kappa shape index (κ1) is 17.0. The molecule has 0 heterocycles. The van der Waals surface area contributed by atoms with Crippen LogP contribution in [0.3, 0.4) is 0 Å². The molecular weight excluding hydrogens is 288 g/mol. The lowest BCUT2D eigenvalue weighted by atomic mass is 10.1. The highest BCUT2D eigenvalue weighted by molar-refractivity contribution is 5.78. The zero-order chi connectivity index (χ0) is 16.5. The lowest BCUT2D eigenvalue weighted by Gasteiger charge is -2.14. The summed E-state index contributed by atoms with van der Waals surface area (Å²) in [6, 6.07) is 17.9. The van der Waals surface area contributed by atoms with Gasteiger partial charge in [0.1, 0.15) is 5.75 Å². The van der Waals surface area contributed by atoms with Crippen molar-refractivity contribution in [1.29, 1.82) is 0 Å². The zero-order valence-corrected chi connectivity index (χ0v) is 13.7. The van der Waals surface area contributed by atoms with E-state index in [0.29, 0.717) is 6.54 Å². The van der Waals surface area contributed by atoms with Crippen LogP contribution in [0, 0.1) is 0 Å². The molecule has 0 saturated carbocycles. The van der Waals surface area contributed by atoms with E-state index < -0.39 is 0 Å². The number of hydrogen-bond donors (Lipinski definition) is 2. The fourth-order valence-electron chi connectivity index (χ4n) is 2.38. The van der Waals surface area contributed by atoms with Crippen LogP contribution in [0.4, 0.5) is 0 Å². The van der Waals surface area contributed by atoms with Crippen molar-refractivity contribution in [3.8, 4) is 5.75 Å². The maximum atomic E-state index is 11.9. The van der Waals surface area contributed by atoms with Gasteiger partial charge >= 0.3 is 0 Å². The van der Waals surface area contributed by atoms with Crippen LogP contribution < -0.4 is 15.4 Å². The SMILES string of the molecule is COc1cccc(CCNCC(=O)NC(C)c2ccccc2)c1. The smallest absolute Gasteiger partial charge is 0.234 e. The molecule has 0 aliphatic heterocycles. The molecule has 0 radical (unpaired) electrons. The van der Waals surface area contributed by atoms with Crippen molar-refractivity contribution >= 4 is 5.91 Å². The average molecular weight is 312 g/mol. The largest absolute Gasteiger partial charge is 0.497 e. The van der Waals surface area contributed by atoms with Gasteiger partial charge < -0.3 is 15.4 Å². The third kappa shape index (κ3) is 5.75. The van der Waals surface area contributed by atoms with Gasteiger partial charge in [-0.2, -0.15) is 0 Å². The molecule has 1 atom stereocenters. The molecule has 2 aromatic rings. The first-order valence-electron chi connectivity index (χ1n) is 7.87. The Morgan fingerprint density at radius 2 is 1.91 bits per heavy atom. The molecule has 2 rings (SSSR count).